The van der Waals surface area contributed by atoms with Gasteiger partial charge in [-0.15, -0.1) is 11.6 Å². The largest absolute Gasteiger partial charge is 0.458 e. The summed E-state index contributed by atoms with van der Waals surface area (Å²) >= 11 is 5.58. The molecular formula is C12H13ClO2. The molecule has 0 aliphatic carbocycles. The summed E-state index contributed by atoms with van der Waals surface area (Å²) in [6.45, 7) is 4.03. The number of hydrogen-bond donors (Lipinski definition) is 1. The van der Waals surface area contributed by atoms with E-state index < -0.39 is 6.10 Å². The summed E-state index contributed by atoms with van der Waals surface area (Å²) in [5.41, 5.74) is 3.10. The van der Waals surface area contributed by atoms with Gasteiger partial charge in [-0.25, -0.2) is 0 Å². The van der Waals surface area contributed by atoms with Crippen LogP contribution in [0.15, 0.2) is 22.6 Å². The first-order valence-electron chi connectivity index (χ1n) is 4.86. The standard InChI is InChI=1S/C12H13ClO2/c1-7-3-8(2)12-9(4-7)5-11(15-12)10(14)6-13/h3-5,10,14H,6H2,1-2H3. The van der Waals surface area contributed by atoms with Crippen LogP contribution in [0.5, 0.6) is 0 Å². The normalized spacial score (nSPS) is 13.3. The van der Waals surface area contributed by atoms with E-state index in [1.165, 1.54) is 5.56 Å². The van der Waals surface area contributed by atoms with Crippen LogP contribution in [0.25, 0.3) is 11.0 Å². The van der Waals surface area contributed by atoms with Crippen LogP contribution in [0.4, 0.5) is 0 Å². The average molecular weight is 225 g/mol. The highest BCUT2D eigenvalue weighted by molar-refractivity contribution is 6.18. The van der Waals surface area contributed by atoms with Crippen molar-refractivity contribution in [3.8, 4) is 0 Å². The second-order valence-corrected chi connectivity index (χ2v) is 4.13. The van der Waals surface area contributed by atoms with E-state index >= 15 is 0 Å². The molecule has 2 rings (SSSR count). The lowest BCUT2D eigenvalue weighted by Gasteiger charge is -2.00. The number of alkyl halides is 1. The van der Waals surface area contributed by atoms with Gasteiger partial charge in [0.05, 0.1) is 5.88 Å². The molecule has 1 unspecified atom stereocenters. The Bertz CT molecular complexity index is 488. The van der Waals surface area contributed by atoms with Gasteiger partial charge in [-0.05, 0) is 31.5 Å². The van der Waals surface area contributed by atoms with Crippen LogP contribution in [-0.4, -0.2) is 11.0 Å². The van der Waals surface area contributed by atoms with Crippen LogP contribution < -0.4 is 0 Å². The molecule has 0 aliphatic heterocycles. The smallest absolute Gasteiger partial charge is 0.137 e. The third-order valence-electron chi connectivity index (χ3n) is 2.44. The van der Waals surface area contributed by atoms with Crippen LogP contribution in [0, 0.1) is 13.8 Å². The van der Waals surface area contributed by atoms with E-state index in [0.29, 0.717) is 5.76 Å². The van der Waals surface area contributed by atoms with Gasteiger partial charge in [0.1, 0.15) is 17.4 Å². The molecule has 0 radical (unpaired) electrons. The third-order valence-corrected chi connectivity index (χ3v) is 2.73. The van der Waals surface area contributed by atoms with Crippen molar-refractivity contribution < 1.29 is 9.52 Å². The number of rotatable bonds is 2. The molecule has 0 aliphatic rings. The Hall–Kier alpha value is -0.990. The minimum Gasteiger partial charge on any atom is -0.458 e. The van der Waals surface area contributed by atoms with E-state index in [4.69, 9.17) is 16.0 Å². The van der Waals surface area contributed by atoms with Crippen LogP contribution in [0.2, 0.25) is 0 Å². The molecule has 0 saturated heterocycles. The van der Waals surface area contributed by atoms with Gasteiger partial charge in [-0.2, -0.15) is 0 Å². The number of aliphatic hydroxyl groups is 1. The monoisotopic (exact) mass is 224 g/mol. The Morgan fingerprint density at radius 3 is 2.73 bits per heavy atom. The van der Waals surface area contributed by atoms with Crippen LogP contribution in [0.1, 0.15) is 23.0 Å². The van der Waals surface area contributed by atoms with E-state index in [9.17, 15) is 5.11 Å². The first-order valence-corrected chi connectivity index (χ1v) is 5.40. The van der Waals surface area contributed by atoms with Crippen LogP contribution in [0.3, 0.4) is 0 Å². The summed E-state index contributed by atoms with van der Waals surface area (Å²) in [7, 11) is 0. The molecule has 15 heavy (non-hydrogen) atoms. The van der Waals surface area contributed by atoms with Gasteiger partial charge in [0.15, 0.2) is 0 Å². The topological polar surface area (TPSA) is 33.4 Å². The highest BCUT2D eigenvalue weighted by Gasteiger charge is 2.13. The Morgan fingerprint density at radius 2 is 2.07 bits per heavy atom. The molecule has 1 N–H and O–H groups in total. The number of hydrogen-bond acceptors (Lipinski definition) is 2. The van der Waals surface area contributed by atoms with E-state index in [-0.39, 0.29) is 5.88 Å². The first kappa shape index (κ1) is 10.5. The molecule has 80 valence electrons. The zero-order chi connectivity index (χ0) is 11.0. The van der Waals surface area contributed by atoms with Gasteiger partial charge in [-0.3, -0.25) is 0 Å². The van der Waals surface area contributed by atoms with Crippen LogP contribution >= 0.6 is 11.6 Å². The molecule has 2 aromatic rings. The Balaban J connectivity index is 2.60. The number of halogens is 1. The molecule has 1 atom stereocenters. The number of furan rings is 1. The van der Waals surface area contributed by atoms with Gasteiger partial charge in [0.25, 0.3) is 0 Å². The second-order valence-electron chi connectivity index (χ2n) is 3.82. The highest BCUT2D eigenvalue weighted by atomic mass is 35.5. The molecule has 1 heterocycles. The SMILES string of the molecule is Cc1cc(C)c2oc(C(O)CCl)cc2c1. The Morgan fingerprint density at radius 1 is 1.33 bits per heavy atom. The van der Waals surface area contributed by atoms with E-state index in [1.807, 2.05) is 26.0 Å². The van der Waals surface area contributed by atoms with Crippen molar-refractivity contribution in [2.24, 2.45) is 0 Å². The van der Waals surface area contributed by atoms with Gasteiger partial charge in [0.2, 0.25) is 0 Å². The number of aliphatic hydroxyl groups excluding tert-OH is 1. The van der Waals surface area contributed by atoms with Crippen LogP contribution in [-0.2, 0) is 0 Å². The Kier molecular flexibility index (Phi) is 2.72. The summed E-state index contributed by atoms with van der Waals surface area (Å²) in [6.07, 6.45) is -0.723. The summed E-state index contributed by atoms with van der Waals surface area (Å²) in [5.74, 6) is 0.686. The summed E-state index contributed by atoms with van der Waals surface area (Å²) in [6, 6.07) is 5.95. The Labute approximate surface area is 93.5 Å². The molecule has 0 saturated carbocycles. The molecule has 1 aromatic heterocycles. The van der Waals surface area contributed by atoms with Gasteiger partial charge >= 0.3 is 0 Å². The average Bonchev–Trinajstić information content (AvgIpc) is 2.60. The number of fused-ring (bicyclic) bond motifs is 1. The van der Waals surface area contributed by atoms with Crippen molar-refractivity contribution in [3.63, 3.8) is 0 Å². The van der Waals surface area contributed by atoms with Crippen molar-refractivity contribution in [2.75, 3.05) is 5.88 Å². The molecule has 0 amide bonds. The molecule has 0 fully saturated rings. The fraction of sp³-hybridized carbons (Fsp3) is 0.333. The maximum atomic E-state index is 9.56. The molecule has 3 heteroatoms. The predicted octanol–water partition coefficient (Wildman–Crippen LogP) is 3.32. The quantitative estimate of drug-likeness (QED) is 0.794. The lowest BCUT2D eigenvalue weighted by atomic mass is 10.1. The van der Waals surface area contributed by atoms with E-state index in [2.05, 4.69) is 6.07 Å². The van der Waals surface area contributed by atoms with E-state index in [1.54, 1.807) is 0 Å². The highest BCUT2D eigenvalue weighted by Crippen LogP contribution is 2.27. The molecular weight excluding hydrogens is 212 g/mol. The predicted molar refractivity (Wildman–Crippen MR) is 61.4 cm³/mol. The maximum absolute atomic E-state index is 9.56. The van der Waals surface area contributed by atoms with E-state index in [0.717, 1.165) is 16.5 Å². The van der Waals surface area contributed by atoms with Gasteiger partial charge in [-0.1, -0.05) is 11.6 Å². The zero-order valence-corrected chi connectivity index (χ0v) is 9.51. The lowest BCUT2D eigenvalue weighted by Crippen LogP contribution is -1.95. The van der Waals surface area contributed by atoms with Crippen molar-refractivity contribution >= 4 is 22.6 Å². The molecule has 1 aromatic carbocycles. The zero-order valence-electron chi connectivity index (χ0n) is 8.75. The number of benzene rings is 1. The molecule has 0 spiro atoms. The van der Waals surface area contributed by atoms with Gasteiger partial charge in [0, 0.05) is 5.39 Å². The van der Waals surface area contributed by atoms with Gasteiger partial charge < -0.3 is 9.52 Å². The number of aryl methyl sites for hydroxylation is 2. The summed E-state index contributed by atoms with van der Waals surface area (Å²) in [5, 5.41) is 10.6. The molecule has 0 bridgehead atoms. The minimum atomic E-state index is -0.723. The summed E-state index contributed by atoms with van der Waals surface area (Å²) in [4.78, 5) is 0. The molecule has 2 nitrogen and oxygen atoms in total. The third kappa shape index (κ3) is 1.87. The van der Waals surface area contributed by atoms with Crippen molar-refractivity contribution in [2.45, 2.75) is 20.0 Å². The summed E-state index contributed by atoms with van der Waals surface area (Å²) < 4.78 is 5.57. The first-order chi connectivity index (χ1) is 7.11. The fourth-order valence-corrected chi connectivity index (χ4v) is 1.93. The van der Waals surface area contributed by atoms with Crippen molar-refractivity contribution in [3.05, 3.63) is 35.1 Å². The van der Waals surface area contributed by atoms with Crippen molar-refractivity contribution in [1.82, 2.24) is 0 Å². The fourth-order valence-electron chi connectivity index (χ4n) is 1.77. The second kappa shape index (κ2) is 3.87. The maximum Gasteiger partial charge on any atom is 0.137 e. The van der Waals surface area contributed by atoms with Crippen molar-refractivity contribution in [1.29, 1.82) is 0 Å². The lowest BCUT2D eigenvalue weighted by molar-refractivity contribution is 0.175. The minimum absolute atomic E-state index is 0.151.